The first-order chi connectivity index (χ1) is 22.2. The van der Waals surface area contributed by atoms with Crippen LogP contribution in [0.1, 0.15) is 40.3 Å². The van der Waals surface area contributed by atoms with E-state index in [1.165, 1.54) is 12.1 Å². The molecule has 4 aromatic rings. The number of rotatable bonds is 12. The molecule has 0 bridgehead atoms. The molecule has 0 fully saturated rings. The van der Waals surface area contributed by atoms with Crippen molar-refractivity contribution in [2.75, 3.05) is 13.2 Å². The number of aliphatic imine (C=N–C) groups is 1. The zero-order chi connectivity index (χ0) is 32.6. The van der Waals surface area contributed by atoms with Crippen molar-refractivity contribution in [1.82, 2.24) is 5.32 Å². The molecule has 46 heavy (non-hydrogen) atoms. The number of hydrogen-bond donors (Lipinski definition) is 2. The fourth-order valence-corrected chi connectivity index (χ4v) is 5.16. The minimum atomic E-state index is -4.48. The number of nitrogens with zero attached hydrogens (tertiary/aromatic N) is 4. The van der Waals surface area contributed by atoms with Gasteiger partial charge in [-0.15, -0.1) is 0 Å². The summed E-state index contributed by atoms with van der Waals surface area (Å²) in [4.78, 5) is 22.3. The third-order valence-corrected chi connectivity index (χ3v) is 7.45. The Morgan fingerprint density at radius 3 is 2.35 bits per heavy atom. The fourth-order valence-electron chi connectivity index (χ4n) is 5.16. The standard InChI is InChI=1S/C34H30F3N5O4/c35-34(36,37)26-15-11-24(12-16-26)22-39-32(44)33(21-23-7-2-1-3-8-23)30(28-9-4-5-10-29(28)41-42-38)46-31(40-33)25-13-17-27(18-14-25)45-20-6-19-43/h1-5,7-18,30,43H,6,19-22H2,(H,39,44)/t30-,33-/m1/s1. The van der Waals surface area contributed by atoms with Crippen LogP contribution in [0, 0.1) is 0 Å². The average Bonchev–Trinajstić information content (AvgIpc) is 3.45. The number of azide groups is 1. The summed E-state index contributed by atoms with van der Waals surface area (Å²) in [6.45, 7) is 0.277. The van der Waals surface area contributed by atoms with Crippen LogP contribution in [0.4, 0.5) is 18.9 Å². The molecule has 1 aliphatic heterocycles. The molecule has 0 aliphatic carbocycles. The number of carbonyl (C=O) groups is 1. The van der Waals surface area contributed by atoms with E-state index in [0.717, 1.165) is 17.7 Å². The molecule has 2 N–H and O–H groups in total. The van der Waals surface area contributed by atoms with Crippen molar-refractivity contribution in [2.45, 2.75) is 37.2 Å². The minimum absolute atomic E-state index is 0.00582. The van der Waals surface area contributed by atoms with Gasteiger partial charge in [0.1, 0.15) is 5.75 Å². The first kappa shape index (κ1) is 32.1. The summed E-state index contributed by atoms with van der Waals surface area (Å²) < 4.78 is 51.5. The molecular formula is C34H30F3N5O4. The monoisotopic (exact) mass is 629 g/mol. The predicted molar refractivity (Wildman–Crippen MR) is 165 cm³/mol. The zero-order valence-electron chi connectivity index (χ0n) is 24.5. The van der Waals surface area contributed by atoms with Gasteiger partial charge in [0.2, 0.25) is 5.90 Å². The summed E-state index contributed by atoms with van der Waals surface area (Å²) in [6, 6.07) is 27.5. The summed E-state index contributed by atoms with van der Waals surface area (Å²) in [7, 11) is 0. The molecular weight excluding hydrogens is 599 g/mol. The van der Waals surface area contributed by atoms with Gasteiger partial charge < -0.3 is 19.9 Å². The average molecular weight is 630 g/mol. The van der Waals surface area contributed by atoms with Gasteiger partial charge in [0.15, 0.2) is 11.6 Å². The largest absolute Gasteiger partial charge is 0.494 e. The lowest BCUT2D eigenvalue weighted by atomic mass is 9.81. The number of benzene rings is 4. The Kier molecular flexibility index (Phi) is 9.90. The van der Waals surface area contributed by atoms with Gasteiger partial charge in [-0.2, -0.15) is 13.2 Å². The van der Waals surface area contributed by atoms with Crippen LogP contribution < -0.4 is 10.1 Å². The molecule has 1 heterocycles. The van der Waals surface area contributed by atoms with Crippen LogP contribution in [-0.2, 0) is 28.7 Å². The molecule has 0 radical (unpaired) electrons. The van der Waals surface area contributed by atoms with Crippen molar-refractivity contribution in [3.63, 3.8) is 0 Å². The number of alkyl halides is 3. The van der Waals surface area contributed by atoms with Crippen LogP contribution in [0.15, 0.2) is 113 Å². The minimum Gasteiger partial charge on any atom is -0.494 e. The van der Waals surface area contributed by atoms with Crippen LogP contribution >= 0.6 is 0 Å². The van der Waals surface area contributed by atoms with E-state index in [1.807, 2.05) is 30.3 Å². The number of nitrogens with one attached hydrogen (secondary N) is 1. The lowest BCUT2D eigenvalue weighted by Gasteiger charge is -2.31. The maximum atomic E-state index is 14.4. The highest BCUT2D eigenvalue weighted by Gasteiger charge is 2.53. The second-order valence-corrected chi connectivity index (χ2v) is 10.6. The van der Waals surface area contributed by atoms with Gasteiger partial charge >= 0.3 is 6.18 Å². The topological polar surface area (TPSA) is 129 Å². The highest BCUT2D eigenvalue weighted by Crippen LogP contribution is 2.45. The van der Waals surface area contributed by atoms with E-state index in [9.17, 15) is 23.5 Å². The molecule has 9 nitrogen and oxygen atoms in total. The van der Waals surface area contributed by atoms with Crippen molar-refractivity contribution < 1.29 is 32.5 Å². The lowest BCUT2D eigenvalue weighted by molar-refractivity contribution is -0.137. The third kappa shape index (κ3) is 7.31. The number of halogens is 3. The third-order valence-electron chi connectivity index (χ3n) is 7.45. The molecule has 12 heteroatoms. The van der Waals surface area contributed by atoms with Gasteiger partial charge in [-0.25, -0.2) is 4.99 Å². The van der Waals surface area contributed by atoms with E-state index in [4.69, 9.17) is 19.6 Å². The highest BCUT2D eigenvalue weighted by molar-refractivity contribution is 6.01. The Labute approximate surface area is 263 Å². The number of ether oxygens (including phenoxy) is 2. The van der Waals surface area contributed by atoms with Crippen LogP contribution in [0.3, 0.4) is 0 Å². The summed E-state index contributed by atoms with van der Waals surface area (Å²) in [6.07, 6.45) is -4.96. The van der Waals surface area contributed by atoms with Gasteiger partial charge in [-0.1, -0.05) is 71.8 Å². The summed E-state index contributed by atoms with van der Waals surface area (Å²) in [5, 5.41) is 15.7. The van der Waals surface area contributed by atoms with Crippen molar-refractivity contribution in [1.29, 1.82) is 0 Å². The van der Waals surface area contributed by atoms with Crippen molar-refractivity contribution >= 4 is 17.5 Å². The quantitative estimate of drug-likeness (QED) is 0.0742. The van der Waals surface area contributed by atoms with Gasteiger partial charge in [0.25, 0.3) is 5.91 Å². The molecule has 2 atom stereocenters. The number of aliphatic hydroxyl groups is 1. The molecule has 1 amide bonds. The molecule has 0 spiro atoms. The number of aliphatic hydroxyl groups excluding tert-OH is 1. The van der Waals surface area contributed by atoms with E-state index in [-0.39, 0.29) is 31.2 Å². The highest BCUT2D eigenvalue weighted by atomic mass is 19.4. The second-order valence-electron chi connectivity index (χ2n) is 10.6. The van der Waals surface area contributed by atoms with E-state index in [1.54, 1.807) is 48.5 Å². The lowest BCUT2D eigenvalue weighted by Crippen LogP contribution is -2.49. The Hall–Kier alpha value is -5.32. The molecule has 4 aromatic carbocycles. The van der Waals surface area contributed by atoms with E-state index in [2.05, 4.69) is 15.3 Å². The van der Waals surface area contributed by atoms with Crippen LogP contribution in [0.5, 0.6) is 5.75 Å². The van der Waals surface area contributed by atoms with Gasteiger partial charge in [0.05, 0.1) is 12.2 Å². The van der Waals surface area contributed by atoms with Crippen molar-refractivity contribution in [3.8, 4) is 5.75 Å². The number of hydrogen-bond acceptors (Lipinski definition) is 6. The Morgan fingerprint density at radius 2 is 1.67 bits per heavy atom. The van der Waals surface area contributed by atoms with Crippen LogP contribution in [0.2, 0.25) is 0 Å². The fraction of sp³-hybridized carbons (Fsp3) is 0.235. The SMILES string of the molecule is [N-]=[N+]=Nc1ccccc1[C@H]1OC(c2ccc(OCCCO)cc2)=N[C@@]1(Cc1ccccc1)C(=O)NCc1ccc(C(F)(F)F)cc1. The summed E-state index contributed by atoms with van der Waals surface area (Å²) in [5.41, 5.74) is 9.38. The van der Waals surface area contributed by atoms with Crippen LogP contribution in [0.25, 0.3) is 10.4 Å². The molecule has 236 valence electrons. The Bertz CT molecular complexity index is 1720. The molecule has 1 aliphatic rings. The number of carbonyl (C=O) groups excluding carboxylic acids is 1. The van der Waals surface area contributed by atoms with E-state index < -0.39 is 29.3 Å². The summed E-state index contributed by atoms with van der Waals surface area (Å²) in [5.74, 6) is 0.213. The summed E-state index contributed by atoms with van der Waals surface area (Å²) >= 11 is 0. The van der Waals surface area contributed by atoms with Crippen LogP contribution in [-0.4, -0.2) is 35.7 Å². The Balaban J connectivity index is 1.56. The smallest absolute Gasteiger partial charge is 0.416 e. The van der Waals surface area contributed by atoms with Crippen molar-refractivity contribution in [2.24, 2.45) is 10.1 Å². The zero-order valence-corrected chi connectivity index (χ0v) is 24.5. The second kappa shape index (κ2) is 14.2. The molecule has 5 rings (SSSR count). The maximum absolute atomic E-state index is 14.4. The Morgan fingerprint density at radius 1 is 0.978 bits per heavy atom. The number of amides is 1. The maximum Gasteiger partial charge on any atom is 0.416 e. The van der Waals surface area contributed by atoms with Gasteiger partial charge in [0, 0.05) is 47.7 Å². The van der Waals surface area contributed by atoms with Crippen molar-refractivity contribution in [3.05, 3.63) is 141 Å². The van der Waals surface area contributed by atoms with Gasteiger partial charge in [-0.3, -0.25) is 4.79 Å². The van der Waals surface area contributed by atoms with E-state index >= 15 is 0 Å². The molecule has 0 unspecified atom stereocenters. The molecule has 0 saturated carbocycles. The van der Waals surface area contributed by atoms with Gasteiger partial charge in [-0.05, 0) is 53.1 Å². The molecule has 0 saturated heterocycles. The first-order valence-corrected chi connectivity index (χ1v) is 14.5. The first-order valence-electron chi connectivity index (χ1n) is 14.5. The predicted octanol–water partition coefficient (Wildman–Crippen LogP) is 7.22. The van der Waals surface area contributed by atoms with E-state index in [0.29, 0.717) is 35.5 Å². The molecule has 0 aromatic heterocycles. The normalized spacial score (nSPS) is 17.4.